The minimum atomic E-state index is 0.791. The van der Waals surface area contributed by atoms with Crippen molar-refractivity contribution in [3.8, 4) is 0 Å². The van der Waals surface area contributed by atoms with Crippen LogP contribution >= 0.6 is 35.7 Å². The third-order valence-electron chi connectivity index (χ3n) is 1.46. The molecule has 0 bridgehead atoms. The molecular weight excluding hydrogens is 206 g/mol. The van der Waals surface area contributed by atoms with Crippen molar-refractivity contribution in [2.24, 2.45) is 0 Å². The molecule has 0 aliphatic rings. The smallest absolute Gasteiger partial charge is 0.151 e. The average Bonchev–Trinajstić information content (AvgIpc) is 2.47. The summed E-state index contributed by atoms with van der Waals surface area (Å²) in [7, 11) is 0. The lowest BCUT2D eigenvalue weighted by molar-refractivity contribution is 1.31. The maximum atomic E-state index is 4.44. The summed E-state index contributed by atoms with van der Waals surface area (Å²) >= 11 is 7.54. The molecule has 0 atom stereocenters. The Balaban J connectivity index is 2.47. The lowest BCUT2D eigenvalue weighted by Gasteiger charge is -1.84. The molecule has 1 aromatic heterocycles. The largest absolute Gasteiger partial charge is 0.230 e. The lowest BCUT2D eigenvalue weighted by Crippen LogP contribution is -1.67. The van der Waals surface area contributed by atoms with Crippen molar-refractivity contribution in [2.45, 2.75) is 4.34 Å². The van der Waals surface area contributed by atoms with Crippen LogP contribution in [0, 0.1) is 0 Å². The van der Waals surface area contributed by atoms with Crippen LogP contribution in [0.25, 0.3) is 10.2 Å². The molecule has 12 heavy (non-hydrogen) atoms. The zero-order chi connectivity index (χ0) is 8.39. The van der Waals surface area contributed by atoms with E-state index in [1.165, 1.54) is 4.70 Å². The molecule has 0 aliphatic heterocycles. The molecule has 4 heteroatoms. The number of thiol groups is 1. The van der Waals surface area contributed by atoms with E-state index in [-0.39, 0.29) is 0 Å². The number of rotatable bonds is 2. The summed E-state index contributed by atoms with van der Waals surface area (Å²) < 4.78 is 2.35. The second kappa shape index (κ2) is 3.68. The van der Waals surface area contributed by atoms with Gasteiger partial charge in [0.2, 0.25) is 0 Å². The lowest BCUT2D eigenvalue weighted by atomic mass is 10.3. The number of aromatic nitrogens is 1. The van der Waals surface area contributed by atoms with Crippen LogP contribution in [0.2, 0.25) is 0 Å². The summed E-state index contributed by atoms with van der Waals surface area (Å²) in [5.41, 5.74) is 1.09. The SMILES string of the molecule is SCSc1nc2ccccc2s1. The van der Waals surface area contributed by atoms with Crippen molar-refractivity contribution < 1.29 is 0 Å². The Morgan fingerprint density at radius 2 is 2.25 bits per heavy atom. The van der Waals surface area contributed by atoms with Crippen molar-refractivity contribution in [3.63, 3.8) is 0 Å². The van der Waals surface area contributed by atoms with Gasteiger partial charge < -0.3 is 0 Å². The summed E-state index contributed by atoms with van der Waals surface area (Å²) in [5, 5.41) is 0.791. The maximum Gasteiger partial charge on any atom is 0.151 e. The van der Waals surface area contributed by atoms with Gasteiger partial charge in [-0.05, 0) is 12.1 Å². The number of thiazole rings is 1. The summed E-state index contributed by atoms with van der Waals surface area (Å²) in [5.74, 6) is 0. The van der Waals surface area contributed by atoms with E-state index in [4.69, 9.17) is 0 Å². The monoisotopic (exact) mass is 213 g/mol. The van der Waals surface area contributed by atoms with Crippen LogP contribution in [0.15, 0.2) is 28.6 Å². The van der Waals surface area contributed by atoms with Gasteiger partial charge in [-0.3, -0.25) is 0 Å². The summed E-state index contributed by atoms with van der Waals surface area (Å²) in [6.07, 6.45) is 0. The molecule has 0 aliphatic carbocycles. The van der Waals surface area contributed by atoms with Crippen LogP contribution < -0.4 is 0 Å². The molecule has 1 nitrogen and oxygen atoms in total. The van der Waals surface area contributed by atoms with Gasteiger partial charge in [0.15, 0.2) is 4.34 Å². The molecule has 1 aromatic carbocycles. The predicted octanol–water partition coefficient (Wildman–Crippen LogP) is 3.28. The van der Waals surface area contributed by atoms with Gasteiger partial charge in [0.25, 0.3) is 0 Å². The van der Waals surface area contributed by atoms with Gasteiger partial charge in [0.1, 0.15) is 0 Å². The highest BCUT2D eigenvalue weighted by molar-refractivity contribution is 8.10. The molecule has 0 fully saturated rings. The minimum Gasteiger partial charge on any atom is -0.230 e. The van der Waals surface area contributed by atoms with E-state index in [1.54, 1.807) is 23.1 Å². The van der Waals surface area contributed by atoms with Gasteiger partial charge in [0.05, 0.1) is 10.2 Å². The summed E-state index contributed by atoms with van der Waals surface area (Å²) in [6, 6.07) is 8.18. The molecule has 0 unspecified atom stereocenters. The van der Waals surface area contributed by atoms with Crippen molar-refractivity contribution in [1.82, 2.24) is 4.98 Å². The third kappa shape index (κ3) is 1.60. The highest BCUT2D eigenvalue weighted by Crippen LogP contribution is 2.29. The van der Waals surface area contributed by atoms with E-state index in [2.05, 4.69) is 23.7 Å². The summed E-state index contributed by atoms with van der Waals surface area (Å²) in [6.45, 7) is 0. The number of benzene rings is 1. The van der Waals surface area contributed by atoms with Crippen LogP contribution in [0.5, 0.6) is 0 Å². The topological polar surface area (TPSA) is 12.9 Å². The van der Waals surface area contributed by atoms with Gasteiger partial charge in [-0.2, -0.15) is 12.6 Å². The number of para-hydroxylation sites is 1. The van der Waals surface area contributed by atoms with Crippen LogP contribution in [0.3, 0.4) is 0 Å². The van der Waals surface area contributed by atoms with Crippen molar-refractivity contribution in [1.29, 1.82) is 0 Å². The second-order valence-electron chi connectivity index (χ2n) is 2.22. The van der Waals surface area contributed by atoms with Gasteiger partial charge in [-0.1, -0.05) is 23.9 Å². The fourth-order valence-corrected chi connectivity index (χ4v) is 3.25. The first-order chi connectivity index (χ1) is 5.90. The van der Waals surface area contributed by atoms with Crippen LogP contribution in [0.4, 0.5) is 0 Å². The van der Waals surface area contributed by atoms with Crippen molar-refractivity contribution in [2.75, 3.05) is 5.08 Å². The highest BCUT2D eigenvalue weighted by atomic mass is 32.2. The molecule has 0 N–H and O–H groups in total. The van der Waals surface area contributed by atoms with Gasteiger partial charge in [0, 0.05) is 5.08 Å². The molecule has 0 radical (unpaired) electrons. The average molecular weight is 213 g/mol. The summed E-state index contributed by atoms with van der Waals surface area (Å²) in [4.78, 5) is 4.44. The Hall–Kier alpha value is -0.190. The fraction of sp³-hybridized carbons (Fsp3) is 0.125. The van der Waals surface area contributed by atoms with Gasteiger partial charge in [-0.15, -0.1) is 11.3 Å². The first-order valence-corrected chi connectivity index (χ1v) is 5.93. The Bertz CT molecular complexity index is 349. The molecule has 0 amide bonds. The van der Waals surface area contributed by atoms with Crippen molar-refractivity contribution in [3.05, 3.63) is 24.3 Å². The first kappa shape index (κ1) is 8.41. The van der Waals surface area contributed by atoms with E-state index in [0.717, 1.165) is 14.9 Å². The molecule has 62 valence electrons. The van der Waals surface area contributed by atoms with Crippen LogP contribution in [-0.2, 0) is 0 Å². The molecule has 1 heterocycles. The zero-order valence-corrected chi connectivity index (χ0v) is 8.75. The van der Waals surface area contributed by atoms with E-state index >= 15 is 0 Å². The Morgan fingerprint density at radius 3 is 3.00 bits per heavy atom. The first-order valence-electron chi connectivity index (χ1n) is 3.49. The zero-order valence-electron chi connectivity index (χ0n) is 6.23. The standard InChI is InChI=1S/C8H7NS3/c10-5-11-8-9-6-3-1-2-4-7(6)12-8/h1-4,10H,5H2. The quantitative estimate of drug-likeness (QED) is 0.467. The molecule has 2 rings (SSSR count). The molecular formula is C8H7NS3. The molecule has 0 spiro atoms. The van der Waals surface area contributed by atoms with Gasteiger partial charge in [-0.25, -0.2) is 4.98 Å². The highest BCUT2D eigenvalue weighted by Gasteiger charge is 2.01. The normalized spacial score (nSPS) is 10.8. The van der Waals surface area contributed by atoms with E-state index in [0.29, 0.717) is 0 Å². The van der Waals surface area contributed by atoms with Crippen LogP contribution in [-0.4, -0.2) is 10.1 Å². The predicted molar refractivity (Wildman–Crippen MR) is 59.3 cm³/mol. The Kier molecular flexibility index (Phi) is 2.58. The Labute approximate surface area is 84.6 Å². The number of fused-ring (bicyclic) bond motifs is 1. The van der Waals surface area contributed by atoms with E-state index < -0.39 is 0 Å². The second-order valence-corrected chi connectivity index (χ2v) is 5.22. The van der Waals surface area contributed by atoms with E-state index in [1.807, 2.05) is 18.2 Å². The van der Waals surface area contributed by atoms with Gasteiger partial charge >= 0.3 is 0 Å². The maximum absolute atomic E-state index is 4.44. The minimum absolute atomic E-state index is 0.791. The van der Waals surface area contributed by atoms with Crippen LogP contribution in [0.1, 0.15) is 0 Å². The number of hydrogen-bond donors (Lipinski definition) is 1. The molecule has 2 aromatic rings. The number of hydrogen-bond acceptors (Lipinski definition) is 4. The fourth-order valence-electron chi connectivity index (χ4n) is 0.968. The molecule has 0 saturated carbocycles. The molecule has 0 saturated heterocycles. The van der Waals surface area contributed by atoms with Crippen molar-refractivity contribution >= 4 is 45.9 Å². The third-order valence-corrected chi connectivity index (χ3v) is 3.75. The number of nitrogens with zero attached hydrogens (tertiary/aromatic N) is 1. The number of thioether (sulfide) groups is 1. The van der Waals surface area contributed by atoms with E-state index in [9.17, 15) is 0 Å². The Morgan fingerprint density at radius 1 is 1.42 bits per heavy atom.